The number of hydrogen-bond acceptors (Lipinski definition) is 5. The average Bonchev–Trinajstić information content (AvgIpc) is 2.69. The molecule has 3 N–H and O–H groups in total. The van der Waals surface area contributed by atoms with Crippen LogP contribution in [-0.4, -0.2) is 29.6 Å². The quantitative estimate of drug-likeness (QED) is 0.646. The van der Waals surface area contributed by atoms with Crippen LogP contribution in [-0.2, 0) is 17.8 Å². The SMILES string of the molecule is CNC(=O)c1cccc(CN[C@H](C)c2ccc(CNC(=O)OC(C)(C)C)nc2C)c1. The zero-order valence-corrected chi connectivity index (χ0v) is 18.6. The minimum absolute atomic E-state index is 0.0778. The number of carbonyl (C=O) groups is 2. The molecule has 0 aliphatic carbocycles. The van der Waals surface area contributed by atoms with Crippen LogP contribution >= 0.6 is 0 Å². The van der Waals surface area contributed by atoms with Crippen molar-refractivity contribution in [3.05, 3.63) is 64.5 Å². The van der Waals surface area contributed by atoms with Crippen LogP contribution in [0.3, 0.4) is 0 Å². The molecule has 1 heterocycles. The monoisotopic (exact) mass is 412 g/mol. The molecule has 1 aromatic heterocycles. The number of pyridine rings is 1. The Morgan fingerprint density at radius 1 is 1.13 bits per heavy atom. The number of nitrogens with one attached hydrogen (secondary N) is 3. The minimum atomic E-state index is -0.530. The summed E-state index contributed by atoms with van der Waals surface area (Å²) >= 11 is 0. The summed E-state index contributed by atoms with van der Waals surface area (Å²) in [6.45, 7) is 10.5. The smallest absolute Gasteiger partial charge is 0.407 e. The van der Waals surface area contributed by atoms with Crippen molar-refractivity contribution in [2.24, 2.45) is 0 Å². The third kappa shape index (κ3) is 7.15. The first-order valence-electron chi connectivity index (χ1n) is 10.1. The van der Waals surface area contributed by atoms with Crippen LogP contribution in [0.1, 0.15) is 66.6 Å². The highest BCUT2D eigenvalue weighted by molar-refractivity contribution is 5.94. The number of ether oxygens (including phenoxy) is 1. The molecule has 0 aliphatic heterocycles. The molecule has 0 fully saturated rings. The fourth-order valence-corrected chi connectivity index (χ4v) is 3.00. The number of hydrogen-bond donors (Lipinski definition) is 3. The first-order chi connectivity index (χ1) is 14.1. The van der Waals surface area contributed by atoms with E-state index in [2.05, 4.69) is 27.9 Å². The molecule has 0 unspecified atom stereocenters. The predicted molar refractivity (Wildman–Crippen MR) is 117 cm³/mol. The highest BCUT2D eigenvalue weighted by atomic mass is 16.6. The van der Waals surface area contributed by atoms with Crippen LogP contribution in [0.25, 0.3) is 0 Å². The van der Waals surface area contributed by atoms with E-state index in [1.54, 1.807) is 13.1 Å². The van der Waals surface area contributed by atoms with Gasteiger partial charge in [-0.05, 0) is 63.9 Å². The molecule has 0 bridgehead atoms. The van der Waals surface area contributed by atoms with E-state index in [1.165, 1.54) is 0 Å². The second kappa shape index (κ2) is 10.2. The summed E-state index contributed by atoms with van der Waals surface area (Å²) in [5.74, 6) is -0.0967. The summed E-state index contributed by atoms with van der Waals surface area (Å²) in [5, 5.41) is 8.84. The lowest BCUT2D eigenvalue weighted by atomic mass is 10.1. The van der Waals surface area contributed by atoms with Gasteiger partial charge in [-0.15, -0.1) is 0 Å². The van der Waals surface area contributed by atoms with Gasteiger partial charge in [0.1, 0.15) is 5.60 Å². The lowest BCUT2D eigenvalue weighted by Gasteiger charge is -2.20. The van der Waals surface area contributed by atoms with Crippen LogP contribution in [0.4, 0.5) is 4.79 Å². The van der Waals surface area contributed by atoms with Gasteiger partial charge in [-0.3, -0.25) is 9.78 Å². The number of aryl methyl sites for hydroxylation is 1. The highest BCUT2D eigenvalue weighted by Gasteiger charge is 2.16. The molecule has 2 rings (SSSR count). The van der Waals surface area contributed by atoms with Crippen LogP contribution in [0.2, 0.25) is 0 Å². The number of aromatic nitrogens is 1. The Morgan fingerprint density at radius 2 is 1.87 bits per heavy atom. The van der Waals surface area contributed by atoms with Crippen molar-refractivity contribution < 1.29 is 14.3 Å². The molecule has 0 spiro atoms. The Hall–Kier alpha value is -2.93. The van der Waals surface area contributed by atoms with Crippen molar-refractivity contribution >= 4 is 12.0 Å². The second-order valence-corrected chi connectivity index (χ2v) is 8.21. The van der Waals surface area contributed by atoms with Crippen molar-refractivity contribution in [3.63, 3.8) is 0 Å². The molecule has 7 heteroatoms. The zero-order chi connectivity index (χ0) is 22.3. The Morgan fingerprint density at radius 3 is 2.50 bits per heavy atom. The van der Waals surface area contributed by atoms with Gasteiger partial charge in [0, 0.05) is 30.9 Å². The molecule has 162 valence electrons. The van der Waals surface area contributed by atoms with Gasteiger partial charge in [-0.1, -0.05) is 18.2 Å². The standard InChI is InChI=1S/C23H32N4O3/c1-15(25-13-17-8-7-9-18(12-17)21(28)24-6)20-11-10-19(27-16(20)2)14-26-22(29)30-23(3,4)5/h7-12,15,25H,13-14H2,1-6H3,(H,24,28)(H,26,29)/t15-/m1/s1. The Bertz CT molecular complexity index is 890. The Labute approximate surface area is 178 Å². The summed E-state index contributed by atoms with van der Waals surface area (Å²) in [6.07, 6.45) is -0.458. The fraction of sp³-hybridized carbons (Fsp3) is 0.435. The molecular weight excluding hydrogens is 380 g/mol. The summed E-state index contributed by atoms with van der Waals surface area (Å²) in [7, 11) is 1.62. The summed E-state index contributed by atoms with van der Waals surface area (Å²) in [4.78, 5) is 28.2. The van der Waals surface area contributed by atoms with E-state index in [0.29, 0.717) is 18.7 Å². The van der Waals surface area contributed by atoms with Gasteiger partial charge in [0.05, 0.1) is 12.2 Å². The molecule has 0 aliphatic rings. The number of amides is 2. The maximum absolute atomic E-state index is 11.8. The van der Waals surface area contributed by atoms with E-state index in [1.807, 2.05) is 58.0 Å². The van der Waals surface area contributed by atoms with Gasteiger partial charge in [0.25, 0.3) is 5.91 Å². The number of rotatable bonds is 7. The first-order valence-corrected chi connectivity index (χ1v) is 10.1. The Balaban J connectivity index is 1.94. The molecule has 0 saturated heterocycles. The first kappa shape index (κ1) is 23.3. The van der Waals surface area contributed by atoms with Gasteiger partial charge in [0.2, 0.25) is 0 Å². The van der Waals surface area contributed by atoms with Crippen LogP contribution in [0, 0.1) is 6.92 Å². The Kier molecular flexibility index (Phi) is 7.94. The lowest BCUT2D eigenvalue weighted by molar-refractivity contribution is 0.0522. The van der Waals surface area contributed by atoms with Gasteiger partial charge >= 0.3 is 6.09 Å². The molecule has 1 aromatic carbocycles. The topological polar surface area (TPSA) is 92.4 Å². The number of alkyl carbamates (subject to hydrolysis) is 1. The lowest BCUT2D eigenvalue weighted by Crippen LogP contribution is -2.32. The van der Waals surface area contributed by atoms with Gasteiger partial charge in [-0.25, -0.2) is 4.79 Å². The van der Waals surface area contributed by atoms with E-state index in [4.69, 9.17) is 4.74 Å². The summed E-state index contributed by atoms with van der Waals surface area (Å²) in [5.41, 5.74) is 3.90. The predicted octanol–water partition coefficient (Wildman–Crippen LogP) is 3.63. The van der Waals surface area contributed by atoms with E-state index in [-0.39, 0.29) is 11.9 Å². The van der Waals surface area contributed by atoms with Crippen LogP contribution in [0.15, 0.2) is 36.4 Å². The zero-order valence-electron chi connectivity index (χ0n) is 18.6. The molecule has 30 heavy (non-hydrogen) atoms. The normalized spacial score (nSPS) is 12.2. The van der Waals surface area contributed by atoms with E-state index < -0.39 is 11.7 Å². The molecule has 7 nitrogen and oxygen atoms in total. The minimum Gasteiger partial charge on any atom is -0.444 e. The van der Waals surface area contributed by atoms with Crippen molar-refractivity contribution in [1.82, 2.24) is 20.9 Å². The molecule has 2 amide bonds. The molecule has 0 radical (unpaired) electrons. The second-order valence-electron chi connectivity index (χ2n) is 8.21. The molecule has 0 saturated carbocycles. The number of carbonyl (C=O) groups excluding carboxylic acids is 2. The van der Waals surface area contributed by atoms with Crippen molar-refractivity contribution in [1.29, 1.82) is 0 Å². The number of nitrogens with zero attached hydrogens (tertiary/aromatic N) is 1. The maximum atomic E-state index is 11.8. The van der Waals surface area contributed by atoms with Crippen molar-refractivity contribution in [2.75, 3.05) is 7.05 Å². The largest absolute Gasteiger partial charge is 0.444 e. The number of benzene rings is 1. The van der Waals surface area contributed by atoms with Gasteiger partial charge in [-0.2, -0.15) is 0 Å². The fourth-order valence-electron chi connectivity index (χ4n) is 3.00. The maximum Gasteiger partial charge on any atom is 0.407 e. The summed E-state index contributed by atoms with van der Waals surface area (Å²) in [6, 6.07) is 11.6. The van der Waals surface area contributed by atoms with Gasteiger partial charge in [0.15, 0.2) is 0 Å². The van der Waals surface area contributed by atoms with Crippen molar-refractivity contribution in [2.45, 2.75) is 59.4 Å². The molecule has 2 aromatic rings. The third-order valence-corrected chi connectivity index (χ3v) is 4.49. The summed E-state index contributed by atoms with van der Waals surface area (Å²) < 4.78 is 5.24. The van der Waals surface area contributed by atoms with E-state index in [9.17, 15) is 9.59 Å². The van der Waals surface area contributed by atoms with Gasteiger partial charge < -0.3 is 20.7 Å². The molecular formula is C23H32N4O3. The van der Waals surface area contributed by atoms with E-state index >= 15 is 0 Å². The van der Waals surface area contributed by atoms with Crippen molar-refractivity contribution in [3.8, 4) is 0 Å². The van der Waals surface area contributed by atoms with Crippen LogP contribution < -0.4 is 16.0 Å². The highest BCUT2D eigenvalue weighted by Crippen LogP contribution is 2.17. The van der Waals surface area contributed by atoms with E-state index in [0.717, 1.165) is 22.5 Å². The average molecular weight is 413 g/mol. The molecule has 1 atom stereocenters. The van der Waals surface area contributed by atoms with Crippen LogP contribution in [0.5, 0.6) is 0 Å². The third-order valence-electron chi connectivity index (χ3n) is 4.49.